The molecular weight excluding hydrogens is 535 g/mol. The Hall–Kier alpha value is -1.30. The summed E-state index contributed by atoms with van der Waals surface area (Å²) in [6.07, 6.45) is -3.05. The maximum atomic E-state index is 12.9. The zero-order valence-corrected chi connectivity index (χ0v) is 26.4. The SMILES string of the molecule is CC(C)(C)[Si](C)(C)OC[C@H]1O[C@@H](N2CCC(=O)NC2=O)[C@H](O[Si](C)(C)C(C)(C)C)[C@]12OS(=O)(=O)C=C2N. The summed E-state index contributed by atoms with van der Waals surface area (Å²) in [6.45, 7) is 20.7. The Balaban J connectivity index is 2.12. The third-order valence-electron chi connectivity index (χ3n) is 8.46. The first-order chi connectivity index (χ1) is 16.5. The van der Waals surface area contributed by atoms with Gasteiger partial charge in [-0.15, -0.1) is 0 Å². The Labute approximate surface area is 222 Å². The van der Waals surface area contributed by atoms with Crippen LogP contribution in [0.25, 0.3) is 0 Å². The van der Waals surface area contributed by atoms with Gasteiger partial charge < -0.3 is 19.3 Å². The molecule has 4 atom stereocenters. The van der Waals surface area contributed by atoms with E-state index in [-0.39, 0.29) is 35.3 Å². The molecule has 212 valence electrons. The summed E-state index contributed by atoms with van der Waals surface area (Å²) >= 11 is 0. The minimum atomic E-state index is -4.15. The zero-order valence-electron chi connectivity index (χ0n) is 23.6. The Kier molecular flexibility index (Phi) is 7.70. The Morgan fingerprint density at radius 2 is 1.68 bits per heavy atom. The highest BCUT2D eigenvalue weighted by Gasteiger charge is 2.68. The smallest absolute Gasteiger partial charge is 0.326 e. The average Bonchev–Trinajstić information content (AvgIpc) is 3.11. The van der Waals surface area contributed by atoms with E-state index in [0.717, 1.165) is 5.41 Å². The number of imide groups is 1. The number of amides is 3. The number of nitrogens with zero attached hydrogens (tertiary/aromatic N) is 1. The van der Waals surface area contributed by atoms with Gasteiger partial charge in [-0.1, -0.05) is 41.5 Å². The van der Waals surface area contributed by atoms with E-state index in [2.05, 4.69) is 39.2 Å². The maximum Gasteiger partial charge on any atom is 0.326 e. The van der Waals surface area contributed by atoms with Gasteiger partial charge in [0, 0.05) is 13.0 Å². The monoisotopic (exact) mass is 577 g/mol. The largest absolute Gasteiger partial charge is 0.414 e. The predicted molar refractivity (Wildman–Crippen MR) is 144 cm³/mol. The number of hydrogen-bond donors (Lipinski definition) is 2. The number of urea groups is 1. The van der Waals surface area contributed by atoms with Gasteiger partial charge in [-0.25, -0.2) is 8.98 Å². The van der Waals surface area contributed by atoms with Crippen molar-refractivity contribution in [3.8, 4) is 0 Å². The van der Waals surface area contributed by atoms with Crippen molar-refractivity contribution in [1.82, 2.24) is 10.2 Å². The second-order valence-corrected chi connectivity index (χ2v) is 24.1. The van der Waals surface area contributed by atoms with Crippen molar-refractivity contribution >= 4 is 38.7 Å². The normalized spacial score (nSPS) is 31.1. The molecule has 0 unspecified atom stereocenters. The molecule has 0 aromatic heterocycles. The lowest BCUT2D eigenvalue weighted by Gasteiger charge is -2.45. The van der Waals surface area contributed by atoms with Gasteiger partial charge in [0.15, 0.2) is 28.5 Å². The minimum Gasteiger partial charge on any atom is -0.414 e. The molecule has 37 heavy (non-hydrogen) atoms. The van der Waals surface area contributed by atoms with Crippen LogP contribution in [0.5, 0.6) is 0 Å². The molecule has 3 amide bonds. The van der Waals surface area contributed by atoms with Crippen molar-refractivity contribution in [2.24, 2.45) is 5.73 Å². The van der Waals surface area contributed by atoms with Crippen LogP contribution >= 0.6 is 0 Å². The maximum absolute atomic E-state index is 12.9. The number of carbonyl (C=O) groups is 2. The third-order valence-corrected chi connectivity index (χ3v) is 18.5. The minimum absolute atomic E-state index is 0.0111. The van der Waals surface area contributed by atoms with Gasteiger partial charge in [-0.05, 0) is 36.3 Å². The van der Waals surface area contributed by atoms with E-state index >= 15 is 0 Å². The molecule has 3 N–H and O–H groups in total. The van der Waals surface area contributed by atoms with E-state index in [1.165, 1.54) is 4.90 Å². The van der Waals surface area contributed by atoms with Gasteiger partial charge in [0.2, 0.25) is 5.91 Å². The van der Waals surface area contributed by atoms with E-state index < -0.39 is 62.7 Å². The number of carbonyl (C=O) groups excluding carboxylic acids is 2. The van der Waals surface area contributed by atoms with Crippen LogP contribution in [-0.2, 0) is 32.7 Å². The molecule has 3 heterocycles. The quantitative estimate of drug-likeness (QED) is 0.359. The Morgan fingerprint density at radius 3 is 2.14 bits per heavy atom. The summed E-state index contributed by atoms with van der Waals surface area (Å²) in [5, 5.41) is 2.82. The molecule has 0 radical (unpaired) electrons. The molecular formula is C23H43N3O8SSi2. The van der Waals surface area contributed by atoms with E-state index in [0.29, 0.717) is 0 Å². The third kappa shape index (κ3) is 5.56. The van der Waals surface area contributed by atoms with Crippen LogP contribution in [0.3, 0.4) is 0 Å². The molecule has 3 aliphatic rings. The second kappa shape index (κ2) is 9.42. The standard InChI is InChI=1S/C23H43N3O8SSi2/c1-21(2,3)36(7,8)31-13-16-23(15(24)14-35(29,30)34-23)18(33-37(9,10)22(4,5)6)19(32-16)26-12-11-17(27)25-20(26)28/h14,16,18-19H,11-13,24H2,1-10H3,(H,25,27,28)/t16-,18+,19-,23-/m1/s1. The average molecular weight is 578 g/mol. The van der Waals surface area contributed by atoms with E-state index in [9.17, 15) is 18.0 Å². The van der Waals surface area contributed by atoms with Crippen molar-refractivity contribution in [2.75, 3.05) is 13.2 Å². The fourth-order valence-electron chi connectivity index (χ4n) is 4.06. The van der Waals surface area contributed by atoms with Crippen LogP contribution in [0.2, 0.25) is 36.3 Å². The number of rotatable bonds is 6. The summed E-state index contributed by atoms with van der Waals surface area (Å²) in [6, 6.07) is -0.644. The van der Waals surface area contributed by atoms with Crippen LogP contribution < -0.4 is 11.1 Å². The lowest BCUT2D eigenvalue weighted by atomic mass is 9.89. The molecule has 0 bridgehead atoms. The van der Waals surface area contributed by atoms with Crippen molar-refractivity contribution in [3.63, 3.8) is 0 Å². The van der Waals surface area contributed by atoms with Gasteiger partial charge in [0.25, 0.3) is 10.1 Å². The van der Waals surface area contributed by atoms with E-state index in [1.807, 2.05) is 33.9 Å². The summed E-state index contributed by atoms with van der Waals surface area (Å²) in [5.41, 5.74) is 4.64. The van der Waals surface area contributed by atoms with Crippen molar-refractivity contribution < 1.29 is 35.8 Å². The van der Waals surface area contributed by atoms with Gasteiger partial charge in [-0.3, -0.25) is 15.0 Å². The van der Waals surface area contributed by atoms with Crippen LogP contribution in [0.1, 0.15) is 48.0 Å². The molecule has 11 nitrogen and oxygen atoms in total. The van der Waals surface area contributed by atoms with Gasteiger partial charge in [-0.2, -0.15) is 8.42 Å². The molecule has 3 rings (SSSR count). The fourth-order valence-corrected chi connectivity index (χ4v) is 7.57. The van der Waals surface area contributed by atoms with E-state index in [1.54, 1.807) is 0 Å². The predicted octanol–water partition coefficient (Wildman–Crippen LogP) is 2.96. The summed E-state index contributed by atoms with van der Waals surface area (Å²) in [5.74, 6) is -0.396. The second-order valence-electron chi connectivity index (χ2n) is 13.1. The first-order valence-corrected chi connectivity index (χ1v) is 19.8. The summed E-state index contributed by atoms with van der Waals surface area (Å²) < 4.78 is 50.9. The van der Waals surface area contributed by atoms with Crippen LogP contribution in [0.15, 0.2) is 11.1 Å². The van der Waals surface area contributed by atoms with Crippen LogP contribution in [-0.4, -0.2) is 79.1 Å². The number of nitrogens with one attached hydrogen (secondary N) is 1. The van der Waals surface area contributed by atoms with Gasteiger partial charge in [0.05, 0.1) is 17.7 Å². The lowest BCUT2D eigenvalue weighted by molar-refractivity contribution is -0.125. The fraction of sp³-hybridized carbons (Fsp3) is 0.826. The molecule has 2 fully saturated rings. The molecule has 0 aromatic rings. The van der Waals surface area contributed by atoms with Crippen molar-refractivity contribution in [2.45, 2.75) is 108 Å². The van der Waals surface area contributed by atoms with Gasteiger partial charge >= 0.3 is 6.03 Å². The number of nitrogens with two attached hydrogens (primary N) is 1. The molecule has 2 saturated heterocycles. The zero-order chi connectivity index (χ0) is 28.4. The highest BCUT2D eigenvalue weighted by Crippen LogP contribution is 2.50. The van der Waals surface area contributed by atoms with E-state index in [4.69, 9.17) is 23.5 Å². The molecule has 0 saturated carbocycles. The molecule has 14 heteroatoms. The molecule has 0 aromatic carbocycles. The molecule has 1 spiro atoms. The molecule has 3 aliphatic heterocycles. The Morgan fingerprint density at radius 1 is 1.11 bits per heavy atom. The lowest BCUT2D eigenvalue weighted by Crippen LogP contribution is -2.63. The van der Waals surface area contributed by atoms with Crippen molar-refractivity contribution in [1.29, 1.82) is 0 Å². The van der Waals surface area contributed by atoms with Crippen LogP contribution in [0.4, 0.5) is 4.79 Å². The van der Waals surface area contributed by atoms with Gasteiger partial charge in [0.1, 0.15) is 12.2 Å². The topological polar surface area (TPSA) is 146 Å². The number of hydrogen-bond acceptors (Lipinski definition) is 9. The highest BCUT2D eigenvalue weighted by atomic mass is 32.2. The first-order valence-electron chi connectivity index (χ1n) is 12.5. The van der Waals surface area contributed by atoms with Crippen molar-refractivity contribution in [3.05, 3.63) is 11.1 Å². The molecule has 0 aliphatic carbocycles. The Bertz CT molecular complexity index is 1080. The summed E-state index contributed by atoms with van der Waals surface area (Å²) in [4.78, 5) is 26.1. The number of ether oxygens (including phenoxy) is 1. The highest BCUT2D eigenvalue weighted by molar-refractivity contribution is 7.90. The first kappa shape index (κ1) is 30.2. The summed E-state index contributed by atoms with van der Waals surface area (Å²) in [7, 11) is -9.04. The van der Waals surface area contributed by atoms with Crippen LogP contribution in [0, 0.1) is 0 Å².